The quantitative estimate of drug-likeness (QED) is 0.487. The summed E-state index contributed by atoms with van der Waals surface area (Å²) >= 11 is 11.8. The molecule has 1 fully saturated rings. The maximum absolute atomic E-state index is 13.2. The second kappa shape index (κ2) is 7.83. The summed E-state index contributed by atoms with van der Waals surface area (Å²) < 4.78 is 0. The highest BCUT2D eigenvalue weighted by Crippen LogP contribution is 2.38. The third-order valence-electron chi connectivity index (χ3n) is 5.93. The molecule has 0 aliphatic carbocycles. The van der Waals surface area contributed by atoms with Gasteiger partial charge in [0.25, 0.3) is 11.8 Å². The van der Waals surface area contributed by atoms with E-state index in [2.05, 4.69) is 0 Å². The average molecular weight is 479 g/mol. The number of fused-ring (bicyclic) bond motifs is 1. The largest absolute Gasteiger partial charge is 0.274 e. The van der Waals surface area contributed by atoms with Crippen LogP contribution in [-0.4, -0.2) is 23.6 Å². The molecule has 8 heteroatoms. The maximum Gasteiger partial charge on any atom is 0.266 e. The third-order valence-corrected chi connectivity index (χ3v) is 6.43. The summed E-state index contributed by atoms with van der Waals surface area (Å²) in [7, 11) is 0. The van der Waals surface area contributed by atoms with E-state index < -0.39 is 17.7 Å². The van der Waals surface area contributed by atoms with Crippen LogP contribution >= 0.6 is 23.2 Å². The molecule has 3 aromatic rings. The second-order valence-electron chi connectivity index (χ2n) is 7.98. The molecule has 0 saturated carbocycles. The summed E-state index contributed by atoms with van der Waals surface area (Å²) in [5.74, 6) is -2.38. The number of aryl methyl sites for hydroxylation is 1. The lowest BCUT2D eigenvalue weighted by atomic mass is 9.91. The van der Waals surface area contributed by atoms with E-state index >= 15 is 0 Å². The summed E-state index contributed by atoms with van der Waals surface area (Å²) in [6.45, 7) is 1.72. The molecular formula is C25H16Cl2N2O4. The zero-order valence-corrected chi connectivity index (χ0v) is 18.9. The fourth-order valence-corrected chi connectivity index (χ4v) is 4.62. The van der Waals surface area contributed by atoms with Crippen LogP contribution in [0.2, 0.25) is 10.0 Å². The first-order valence-corrected chi connectivity index (χ1v) is 10.9. The van der Waals surface area contributed by atoms with Crippen molar-refractivity contribution in [2.75, 3.05) is 9.80 Å². The van der Waals surface area contributed by atoms with E-state index in [9.17, 15) is 19.2 Å². The van der Waals surface area contributed by atoms with Crippen molar-refractivity contribution >= 4 is 58.2 Å². The molecule has 6 nitrogen and oxygen atoms in total. The van der Waals surface area contributed by atoms with E-state index in [4.69, 9.17) is 23.2 Å². The molecule has 0 spiro atoms. The Morgan fingerprint density at radius 3 is 1.88 bits per heavy atom. The molecule has 1 saturated heterocycles. The molecule has 1 unspecified atom stereocenters. The van der Waals surface area contributed by atoms with Crippen molar-refractivity contribution in [2.45, 2.75) is 19.3 Å². The third kappa shape index (κ3) is 3.43. The number of benzene rings is 3. The number of rotatable bonds is 3. The van der Waals surface area contributed by atoms with Crippen LogP contribution in [0.1, 0.15) is 44.2 Å². The van der Waals surface area contributed by atoms with Crippen LogP contribution in [0.3, 0.4) is 0 Å². The number of anilines is 2. The number of carbonyl (C=O) groups excluding carboxylic acids is 4. The van der Waals surface area contributed by atoms with Gasteiger partial charge in [-0.05, 0) is 72.6 Å². The van der Waals surface area contributed by atoms with Crippen molar-refractivity contribution in [1.29, 1.82) is 0 Å². The predicted octanol–water partition coefficient (Wildman–Crippen LogP) is 5.15. The number of hydrogen-bond donors (Lipinski definition) is 0. The molecule has 4 amide bonds. The average Bonchev–Trinajstić information content (AvgIpc) is 3.22. The Bertz CT molecular complexity index is 1350. The molecule has 0 radical (unpaired) electrons. The summed E-state index contributed by atoms with van der Waals surface area (Å²) in [5.41, 5.74) is 2.46. The SMILES string of the molecule is Cc1cc(C2CC(=O)N(c3ccc(Cl)cc3)C2=O)cc2c1C(=O)N(c1ccc(Cl)cc1)C2=O. The molecule has 2 heterocycles. The highest BCUT2D eigenvalue weighted by molar-refractivity contribution is 6.35. The standard InChI is InChI=1S/C25H16Cl2N2O4/c1-13-10-14(19-12-21(30)28(23(19)31)17-6-2-15(26)3-7-17)11-20-22(13)25(33)29(24(20)32)18-8-4-16(27)5-9-18/h2-11,19H,12H2,1H3. The van der Waals surface area contributed by atoms with Crippen LogP contribution in [0.5, 0.6) is 0 Å². The maximum atomic E-state index is 13.2. The Labute approximate surface area is 199 Å². The highest BCUT2D eigenvalue weighted by atomic mass is 35.5. The summed E-state index contributed by atoms with van der Waals surface area (Å²) in [6.07, 6.45) is -0.0251. The molecule has 0 bridgehead atoms. The Balaban J connectivity index is 1.51. The lowest BCUT2D eigenvalue weighted by Gasteiger charge is -2.16. The van der Waals surface area contributed by atoms with Gasteiger partial charge in [-0.3, -0.25) is 24.1 Å². The van der Waals surface area contributed by atoms with E-state index in [1.807, 2.05) is 0 Å². The van der Waals surface area contributed by atoms with Gasteiger partial charge < -0.3 is 0 Å². The molecule has 2 aliphatic heterocycles. The Kier molecular flexibility index (Phi) is 5.07. The van der Waals surface area contributed by atoms with Crippen molar-refractivity contribution < 1.29 is 19.2 Å². The number of amides is 4. The molecule has 2 aliphatic rings. The van der Waals surface area contributed by atoms with Gasteiger partial charge in [-0.15, -0.1) is 0 Å². The van der Waals surface area contributed by atoms with Gasteiger partial charge in [0.1, 0.15) is 0 Å². The van der Waals surface area contributed by atoms with E-state index in [1.54, 1.807) is 67.6 Å². The topological polar surface area (TPSA) is 74.8 Å². The number of nitrogens with zero attached hydrogens (tertiary/aromatic N) is 2. The molecule has 0 N–H and O–H groups in total. The lowest BCUT2D eigenvalue weighted by Crippen LogP contribution is -2.30. The van der Waals surface area contributed by atoms with Crippen molar-refractivity contribution in [3.63, 3.8) is 0 Å². The monoisotopic (exact) mass is 478 g/mol. The first kappa shape index (κ1) is 21.4. The fraction of sp³-hybridized carbons (Fsp3) is 0.120. The van der Waals surface area contributed by atoms with Crippen LogP contribution in [0, 0.1) is 6.92 Å². The first-order chi connectivity index (χ1) is 15.8. The van der Waals surface area contributed by atoms with Gasteiger partial charge in [0, 0.05) is 16.5 Å². The van der Waals surface area contributed by atoms with E-state index in [0.717, 1.165) is 9.80 Å². The van der Waals surface area contributed by atoms with Gasteiger partial charge in [-0.1, -0.05) is 29.3 Å². The normalized spacial score (nSPS) is 17.8. The smallest absolute Gasteiger partial charge is 0.266 e. The minimum atomic E-state index is -0.746. The first-order valence-electron chi connectivity index (χ1n) is 10.2. The van der Waals surface area contributed by atoms with Gasteiger partial charge in [-0.2, -0.15) is 0 Å². The van der Waals surface area contributed by atoms with Gasteiger partial charge in [0.05, 0.1) is 28.4 Å². The van der Waals surface area contributed by atoms with Crippen LogP contribution in [-0.2, 0) is 9.59 Å². The minimum absolute atomic E-state index is 0.0251. The Hall–Kier alpha value is -3.48. The molecule has 3 aromatic carbocycles. The highest BCUT2D eigenvalue weighted by Gasteiger charge is 2.43. The zero-order valence-electron chi connectivity index (χ0n) is 17.3. The molecule has 0 aromatic heterocycles. The molecule has 1 atom stereocenters. The minimum Gasteiger partial charge on any atom is -0.274 e. The zero-order chi connectivity index (χ0) is 23.4. The van der Waals surface area contributed by atoms with Crippen molar-refractivity contribution in [3.8, 4) is 0 Å². The molecule has 33 heavy (non-hydrogen) atoms. The lowest BCUT2D eigenvalue weighted by molar-refractivity contribution is -0.121. The van der Waals surface area contributed by atoms with Gasteiger partial charge in [0.2, 0.25) is 11.8 Å². The van der Waals surface area contributed by atoms with Crippen molar-refractivity contribution in [1.82, 2.24) is 0 Å². The van der Waals surface area contributed by atoms with Gasteiger partial charge >= 0.3 is 0 Å². The molecule has 5 rings (SSSR count). The number of halogens is 2. The van der Waals surface area contributed by atoms with E-state index in [1.165, 1.54) is 0 Å². The predicted molar refractivity (Wildman–Crippen MR) is 125 cm³/mol. The molecular weight excluding hydrogens is 463 g/mol. The number of imide groups is 2. The van der Waals surface area contributed by atoms with Gasteiger partial charge in [-0.25, -0.2) is 4.90 Å². The van der Waals surface area contributed by atoms with E-state index in [0.29, 0.717) is 38.1 Å². The van der Waals surface area contributed by atoms with E-state index in [-0.39, 0.29) is 23.8 Å². The van der Waals surface area contributed by atoms with Gasteiger partial charge in [0.15, 0.2) is 0 Å². The summed E-state index contributed by atoms with van der Waals surface area (Å²) in [4.78, 5) is 54.3. The van der Waals surface area contributed by atoms with Crippen molar-refractivity contribution in [2.24, 2.45) is 0 Å². The van der Waals surface area contributed by atoms with Crippen LogP contribution < -0.4 is 9.80 Å². The summed E-state index contributed by atoms with van der Waals surface area (Å²) in [6, 6.07) is 16.1. The molecule has 164 valence electrons. The van der Waals surface area contributed by atoms with Crippen molar-refractivity contribution in [3.05, 3.63) is 93.0 Å². The summed E-state index contributed by atoms with van der Waals surface area (Å²) in [5, 5.41) is 0.987. The number of hydrogen-bond acceptors (Lipinski definition) is 4. The van der Waals surface area contributed by atoms with Crippen LogP contribution in [0.25, 0.3) is 0 Å². The second-order valence-corrected chi connectivity index (χ2v) is 8.86. The fourth-order valence-electron chi connectivity index (χ4n) is 4.37. The van der Waals surface area contributed by atoms with Crippen LogP contribution in [0.4, 0.5) is 11.4 Å². The Morgan fingerprint density at radius 1 is 0.758 bits per heavy atom. The van der Waals surface area contributed by atoms with Crippen LogP contribution in [0.15, 0.2) is 60.7 Å². The Morgan fingerprint density at radius 2 is 1.30 bits per heavy atom. The number of carbonyl (C=O) groups is 4.